The third-order valence-corrected chi connectivity index (χ3v) is 4.95. The van der Waals surface area contributed by atoms with Crippen LogP contribution >= 0.6 is 11.6 Å². The Labute approximate surface area is 124 Å². The Balaban J connectivity index is 2.26. The number of halogens is 1. The van der Waals surface area contributed by atoms with Gasteiger partial charge in [-0.2, -0.15) is 4.99 Å². The number of ether oxygens (including phenoxy) is 1. The maximum atomic E-state index is 10.9. The molecule has 20 heavy (non-hydrogen) atoms. The molecule has 1 fully saturated rings. The van der Waals surface area contributed by atoms with E-state index in [2.05, 4.69) is 4.99 Å². The molecule has 2 aliphatic rings. The van der Waals surface area contributed by atoms with E-state index in [0.29, 0.717) is 10.8 Å². The van der Waals surface area contributed by atoms with Gasteiger partial charge in [-0.3, -0.25) is 0 Å². The molecule has 2 aliphatic carbocycles. The number of aryl methyl sites for hydroxylation is 1. The lowest BCUT2D eigenvalue weighted by Crippen LogP contribution is -2.34. The van der Waals surface area contributed by atoms with Gasteiger partial charge < -0.3 is 4.74 Å². The standard InChI is InChI=1S/C16H18ClNO2/c1-20-15-13(17)9-11-5-2-3-6-12(11)14(15)16(18-10-19)7-4-8-16/h9H,2-8H2,1H3. The number of hydrogen-bond donors (Lipinski definition) is 0. The summed E-state index contributed by atoms with van der Waals surface area (Å²) in [6.07, 6.45) is 9.04. The lowest BCUT2D eigenvalue weighted by molar-refractivity contribution is 0.243. The van der Waals surface area contributed by atoms with Crippen LogP contribution in [0.1, 0.15) is 48.8 Å². The minimum atomic E-state index is -0.445. The lowest BCUT2D eigenvalue weighted by Gasteiger charge is -2.40. The zero-order valence-corrected chi connectivity index (χ0v) is 12.4. The summed E-state index contributed by atoms with van der Waals surface area (Å²) in [4.78, 5) is 15.0. The predicted molar refractivity (Wildman–Crippen MR) is 78.3 cm³/mol. The molecule has 0 bridgehead atoms. The van der Waals surface area contributed by atoms with E-state index >= 15 is 0 Å². The van der Waals surface area contributed by atoms with Gasteiger partial charge in [-0.25, -0.2) is 4.79 Å². The van der Waals surface area contributed by atoms with Gasteiger partial charge in [0.15, 0.2) is 0 Å². The van der Waals surface area contributed by atoms with E-state index in [-0.39, 0.29) is 0 Å². The van der Waals surface area contributed by atoms with Crippen LogP contribution in [-0.2, 0) is 23.2 Å². The summed E-state index contributed by atoms with van der Waals surface area (Å²) in [5.41, 5.74) is 3.21. The Hall–Kier alpha value is -1.31. The molecule has 1 saturated carbocycles. The zero-order chi connectivity index (χ0) is 14.2. The highest BCUT2D eigenvalue weighted by molar-refractivity contribution is 6.32. The largest absolute Gasteiger partial charge is 0.495 e. The number of aliphatic imine (C=N–C) groups is 1. The zero-order valence-electron chi connectivity index (χ0n) is 11.7. The van der Waals surface area contributed by atoms with Crippen molar-refractivity contribution in [1.82, 2.24) is 0 Å². The quantitative estimate of drug-likeness (QED) is 0.625. The summed E-state index contributed by atoms with van der Waals surface area (Å²) in [5.74, 6) is 0.700. The average molecular weight is 292 g/mol. The van der Waals surface area contributed by atoms with Crippen molar-refractivity contribution in [3.8, 4) is 5.75 Å². The minimum Gasteiger partial charge on any atom is -0.495 e. The molecule has 0 heterocycles. The third kappa shape index (κ3) is 1.97. The summed E-state index contributed by atoms with van der Waals surface area (Å²) < 4.78 is 5.55. The Morgan fingerprint density at radius 2 is 2.05 bits per heavy atom. The molecule has 3 rings (SSSR count). The van der Waals surface area contributed by atoms with E-state index in [4.69, 9.17) is 16.3 Å². The summed E-state index contributed by atoms with van der Waals surface area (Å²) in [6.45, 7) is 0. The van der Waals surface area contributed by atoms with E-state index < -0.39 is 5.54 Å². The average Bonchev–Trinajstić information content (AvgIpc) is 2.41. The van der Waals surface area contributed by atoms with Crippen molar-refractivity contribution < 1.29 is 9.53 Å². The normalized spacial score (nSPS) is 19.5. The van der Waals surface area contributed by atoms with Crippen molar-refractivity contribution in [2.24, 2.45) is 4.99 Å². The SMILES string of the molecule is COc1c(Cl)cc2c(c1C1(N=C=O)CCC1)CCCC2. The van der Waals surface area contributed by atoms with E-state index in [0.717, 1.165) is 37.7 Å². The molecule has 1 aromatic rings. The summed E-state index contributed by atoms with van der Waals surface area (Å²) in [6, 6.07) is 2.02. The number of fused-ring (bicyclic) bond motifs is 1. The molecule has 0 radical (unpaired) electrons. The van der Waals surface area contributed by atoms with Crippen molar-refractivity contribution in [1.29, 1.82) is 0 Å². The van der Waals surface area contributed by atoms with Crippen LogP contribution in [0.4, 0.5) is 0 Å². The van der Waals surface area contributed by atoms with Crippen LogP contribution in [0.15, 0.2) is 11.1 Å². The van der Waals surface area contributed by atoms with Crippen LogP contribution in [0.5, 0.6) is 5.75 Å². The fourth-order valence-corrected chi connectivity index (χ4v) is 3.86. The molecule has 4 heteroatoms. The molecule has 3 nitrogen and oxygen atoms in total. The first-order chi connectivity index (χ1) is 9.72. The van der Waals surface area contributed by atoms with Gasteiger partial charge in [0.05, 0.1) is 12.1 Å². The van der Waals surface area contributed by atoms with E-state index in [1.54, 1.807) is 13.2 Å². The number of hydrogen-bond acceptors (Lipinski definition) is 3. The number of isocyanates is 1. The molecule has 1 aromatic carbocycles. The molecule has 0 unspecified atom stereocenters. The van der Waals surface area contributed by atoms with Crippen molar-refractivity contribution in [3.63, 3.8) is 0 Å². The van der Waals surface area contributed by atoms with Crippen LogP contribution < -0.4 is 4.74 Å². The number of benzene rings is 1. The summed E-state index contributed by atoms with van der Waals surface area (Å²) in [5, 5.41) is 0.635. The first-order valence-corrected chi connectivity index (χ1v) is 7.57. The highest BCUT2D eigenvalue weighted by Crippen LogP contribution is 2.52. The van der Waals surface area contributed by atoms with E-state index in [1.807, 2.05) is 6.07 Å². The molecule has 0 amide bonds. The molecule has 0 atom stereocenters. The van der Waals surface area contributed by atoms with Crippen LogP contribution in [0, 0.1) is 0 Å². The first kappa shape index (κ1) is 13.7. The lowest BCUT2D eigenvalue weighted by atomic mass is 9.68. The van der Waals surface area contributed by atoms with Gasteiger partial charge in [0.2, 0.25) is 6.08 Å². The van der Waals surface area contributed by atoms with Crippen LogP contribution in [0.2, 0.25) is 5.02 Å². The van der Waals surface area contributed by atoms with Gasteiger partial charge in [0.1, 0.15) is 11.3 Å². The molecular weight excluding hydrogens is 274 g/mol. The van der Waals surface area contributed by atoms with Crippen molar-refractivity contribution in [3.05, 3.63) is 27.8 Å². The summed E-state index contributed by atoms with van der Waals surface area (Å²) >= 11 is 6.39. The molecule has 0 saturated heterocycles. The van der Waals surface area contributed by atoms with Crippen LogP contribution in [0.25, 0.3) is 0 Å². The molecule has 0 N–H and O–H groups in total. The predicted octanol–water partition coefficient (Wildman–Crippen LogP) is 3.94. The number of nitrogens with zero attached hydrogens (tertiary/aromatic N) is 1. The maximum absolute atomic E-state index is 10.9. The topological polar surface area (TPSA) is 38.7 Å². The second-order valence-electron chi connectivity index (χ2n) is 5.70. The molecular formula is C16H18ClNO2. The number of carbonyl (C=O) groups excluding carboxylic acids is 1. The first-order valence-electron chi connectivity index (χ1n) is 7.19. The maximum Gasteiger partial charge on any atom is 0.235 e. The fourth-order valence-electron chi connectivity index (χ4n) is 3.56. The van der Waals surface area contributed by atoms with Crippen molar-refractivity contribution in [2.45, 2.75) is 50.5 Å². The Bertz CT molecular complexity index is 587. The second-order valence-corrected chi connectivity index (χ2v) is 6.11. The van der Waals surface area contributed by atoms with Crippen molar-refractivity contribution >= 4 is 17.7 Å². The second kappa shape index (κ2) is 5.23. The third-order valence-electron chi connectivity index (χ3n) is 4.67. The Kier molecular flexibility index (Phi) is 3.57. The van der Waals surface area contributed by atoms with Gasteiger partial charge in [-0.1, -0.05) is 11.6 Å². The smallest absolute Gasteiger partial charge is 0.235 e. The van der Waals surface area contributed by atoms with Gasteiger partial charge in [-0.05, 0) is 62.1 Å². The van der Waals surface area contributed by atoms with E-state index in [9.17, 15) is 4.79 Å². The van der Waals surface area contributed by atoms with Crippen LogP contribution in [-0.4, -0.2) is 13.2 Å². The molecule has 0 aromatic heterocycles. The van der Waals surface area contributed by atoms with Crippen LogP contribution in [0.3, 0.4) is 0 Å². The van der Waals surface area contributed by atoms with Crippen molar-refractivity contribution in [2.75, 3.05) is 7.11 Å². The van der Waals surface area contributed by atoms with E-state index in [1.165, 1.54) is 24.0 Å². The molecule has 106 valence electrons. The Morgan fingerprint density at radius 3 is 2.65 bits per heavy atom. The minimum absolute atomic E-state index is 0.445. The monoisotopic (exact) mass is 291 g/mol. The van der Waals surface area contributed by atoms with Gasteiger partial charge >= 0.3 is 0 Å². The number of rotatable bonds is 3. The fraction of sp³-hybridized carbons (Fsp3) is 0.562. The van der Waals surface area contributed by atoms with Gasteiger partial charge in [-0.15, -0.1) is 0 Å². The highest BCUT2D eigenvalue weighted by atomic mass is 35.5. The summed E-state index contributed by atoms with van der Waals surface area (Å²) in [7, 11) is 1.64. The molecule has 0 spiro atoms. The molecule has 0 aliphatic heterocycles. The highest BCUT2D eigenvalue weighted by Gasteiger charge is 2.44. The number of methoxy groups -OCH3 is 1. The van der Waals surface area contributed by atoms with Gasteiger partial charge in [0.25, 0.3) is 0 Å². The Morgan fingerprint density at radius 1 is 1.30 bits per heavy atom. The van der Waals surface area contributed by atoms with Gasteiger partial charge in [0, 0.05) is 5.56 Å².